The Morgan fingerprint density at radius 3 is 2.70 bits per heavy atom. The quantitative estimate of drug-likeness (QED) is 0.223. The second-order valence-electron chi connectivity index (χ2n) is 5.65. The van der Waals surface area contributed by atoms with Gasteiger partial charge in [0.05, 0.1) is 6.61 Å². The summed E-state index contributed by atoms with van der Waals surface area (Å²) < 4.78 is 18.7. The maximum atomic E-state index is 13.6. The summed E-state index contributed by atoms with van der Waals surface area (Å²) in [6.45, 7) is 6.34. The first-order valence-corrected chi connectivity index (χ1v) is 7.54. The lowest BCUT2D eigenvalue weighted by atomic mass is 10.0. The van der Waals surface area contributed by atoms with E-state index in [-0.39, 0.29) is 23.9 Å². The number of oxime groups is 1. The van der Waals surface area contributed by atoms with Crippen LogP contribution in [0.25, 0.3) is 0 Å². The average Bonchev–Trinajstić information content (AvgIpc) is 2.49. The molecule has 0 radical (unpaired) electrons. The number of nitrogens with two attached hydrogens (primary N) is 1. The number of hydrogen-bond donors (Lipinski definition) is 3. The minimum absolute atomic E-state index is 0.171. The average molecular weight is 325 g/mol. The van der Waals surface area contributed by atoms with Crippen molar-refractivity contribution in [1.29, 1.82) is 0 Å². The molecule has 128 valence electrons. The normalized spacial score (nSPS) is 13.2. The van der Waals surface area contributed by atoms with Crippen molar-refractivity contribution in [3.05, 3.63) is 35.1 Å². The van der Waals surface area contributed by atoms with Crippen LogP contribution in [0.5, 0.6) is 0 Å². The van der Waals surface area contributed by atoms with Gasteiger partial charge in [0.25, 0.3) is 0 Å². The third-order valence-corrected chi connectivity index (χ3v) is 3.19. The summed E-state index contributed by atoms with van der Waals surface area (Å²) in [5.41, 5.74) is 6.35. The molecular weight excluding hydrogens is 301 g/mol. The predicted molar refractivity (Wildman–Crippen MR) is 85.6 cm³/mol. The molecule has 0 aliphatic heterocycles. The maximum Gasteiger partial charge on any atom is 0.323 e. The van der Waals surface area contributed by atoms with Gasteiger partial charge in [-0.05, 0) is 43.0 Å². The summed E-state index contributed by atoms with van der Waals surface area (Å²) >= 11 is 0. The molecule has 0 aliphatic rings. The zero-order valence-electron chi connectivity index (χ0n) is 13.7. The van der Waals surface area contributed by atoms with Crippen molar-refractivity contribution >= 4 is 11.8 Å². The molecule has 1 rings (SSSR count). The van der Waals surface area contributed by atoms with E-state index in [2.05, 4.69) is 10.5 Å². The van der Waals surface area contributed by atoms with Gasteiger partial charge in [-0.1, -0.05) is 19.0 Å². The van der Waals surface area contributed by atoms with Crippen molar-refractivity contribution in [2.75, 3.05) is 6.61 Å². The van der Waals surface area contributed by atoms with E-state index in [0.29, 0.717) is 24.5 Å². The molecule has 0 amide bonds. The number of ether oxygens (including phenoxy) is 1. The number of rotatable bonds is 8. The van der Waals surface area contributed by atoms with Gasteiger partial charge in [-0.3, -0.25) is 4.79 Å². The molecule has 0 saturated carbocycles. The van der Waals surface area contributed by atoms with Gasteiger partial charge in [-0.15, -0.1) is 0 Å². The molecule has 6 nitrogen and oxygen atoms in total. The number of benzene rings is 1. The van der Waals surface area contributed by atoms with Crippen molar-refractivity contribution in [1.82, 2.24) is 5.32 Å². The lowest BCUT2D eigenvalue weighted by molar-refractivity contribution is -0.146. The first-order chi connectivity index (χ1) is 10.9. The fourth-order valence-corrected chi connectivity index (χ4v) is 2.18. The first-order valence-electron chi connectivity index (χ1n) is 7.54. The Bertz CT molecular complexity index is 562. The third kappa shape index (κ3) is 6.23. The van der Waals surface area contributed by atoms with Gasteiger partial charge >= 0.3 is 5.97 Å². The number of hydrogen-bond acceptors (Lipinski definition) is 5. The highest BCUT2D eigenvalue weighted by Gasteiger charge is 2.20. The fourth-order valence-electron chi connectivity index (χ4n) is 2.18. The lowest BCUT2D eigenvalue weighted by Gasteiger charge is -2.19. The van der Waals surface area contributed by atoms with Crippen molar-refractivity contribution in [3.8, 4) is 0 Å². The Hall–Kier alpha value is -2.15. The first kappa shape index (κ1) is 18.9. The maximum absolute atomic E-state index is 13.6. The van der Waals surface area contributed by atoms with Crippen LogP contribution in [0, 0.1) is 11.7 Å². The SMILES string of the molecule is CCOC(=O)C(CC(C)C)NCc1cc(F)cc(C(N)=NO)c1. The molecule has 1 aromatic carbocycles. The Kier molecular flexibility index (Phi) is 7.47. The van der Waals surface area contributed by atoms with E-state index in [1.807, 2.05) is 13.8 Å². The van der Waals surface area contributed by atoms with Crippen molar-refractivity contribution < 1.29 is 19.1 Å². The Morgan fingerprint density at radius 2 is 2.13 bits per heavy atom. The zero-order chi connectivity index (χ0) is 17.4. The van der Waals surface area contributed by atoms with Gasteiger partial charge in [0, 0.05) is 12.1 Å². The predicted octanol–water partition coefficient (Wildman–Crippen LogP) is 1.99. The van der Waals surface area contributed by atoms with Gasteiger partial charge in [-0.25, -0.2) is 4.39 Å². The molecule has 0 saturated heterocycles. The fraction of sp³-hybridized carbons (Fsp3) is 0.500. The highest BCUT2D eigenvalue weighted by atomic mass is 19.1. The molecule has 1 unspecified atom stereocenters. The molecule has 0 aliphatic carbocycles. The van der Waals surface area contributed by atoms with Crippen LogP contribution in [-0.4, -0.2) is 29.7 Å². The molecule has 0 spiro atoms. The summed E-state index contributed by atoms with van der Waals surface area (Å²) in [5.74, 6) is -0.691. The number of carbonyl (C=O) groups excluding carboxylic acids is 1. The van der Waals surface area contributed by atoms with Crippen LogP contribution in [0.4, 0.5) is 4.39 Å². The number of halogens is 1. The molecule has 0 heterocycles. The number of nitrogens with one attached hydrogen (secondary N) is 1. The molecule has 0 bridgehead atoms. The van der Waals surface area contributed by atoms with E-state index in [1.165, 1.54) is 12.1 Å². The number of carbonyl (C=O) groups is 1. The van der Waals surface area contributed by atoms with E-state index in [9.17, 15) is 9.18 Å². The van der Waals surface area contributed by atoms with Gasteiger partial charge < -0.3 is 21.0 Å². The molecule has 1 atom stereocenters. The van der Waals surface area contributed by atoms with Crippen LogP contribution in [0.1, 0.15) is 38.3 Å². The Morgan fingerprint density at radius 1 is 1.43 bits per heavy atom. The number of nitrogens with zero attached hydrogens (tertiary/aromatic N) is 1. The number of esters is 1. The summed E-state index contributed by atoms with van der Waals surface area (Å²) in [6, 6.07) is 3.64. The van der Waals surface area contributed by atoms with Crippen LogP contribution >= 0.6 is 0 Å². The lowest BCUT2D eigenvalue weighted by Crippen LogP contribution is -2.38. The van der Waals surface area contributed by atoms with Crippen molar-refractivity contribution in [2.45, 2.75) is 39.8 Å². The topological polar surface area (TPSA) is 96.9 Å². The molecule has 1 aromatic rings. The molecule has 23 heavy (non-hydrogen) atoms. The Balaban J connectivity index is 2.84. The van der Waals surface area contributed by atoms with Crippen LogP contribution in [0.3, 0.4) is 0 Å². The van der Waals surface area contributed by atoms with E-state index >= 15 is 0 Å². The second kappa shape index (κ2) is 9.09. The van der Waals surface area contributed by atoms with Crippen LogP contribution in [0.15, 0.2) is 23.4 Å². The van der Waals surface area contributed by atoms with Gasteiger partial charge in [0.1, 0.15) is 11.9 Å². The molecule has 0 fully saturated rings. The Labute approximate surface area is 135 Å². The van der Waals surface area contributed by atoms with Crippen molar-refractivity contribution in [3.63, 3.8) is 0 Å². The summed E-state index contributed by atoms with van der Waals surface area (Å²) in [5, 5.41) is 14.6. The summed E-state index contributed by atoms with van der Waals surface area (Å²) in [6.07, 6.45) is 0.612. The van der Waals surface area contributed by atoms with Gasteiger partial charge in [0.2, 0.25) is 0 Å². The molecular formula is C16H24FN3O3. The van der Waals surface area contributed by atoms with E-state index < -0.39 is 11.9 Å². The molecule has 0 aromatic heterocycles. The summed E-state index contributed by atoms with van der Waals surface area (Å²) in [7, 11) is 0. The smallest absolute Gasteiger partial charge is 0.323 e. The van der Waals surface area contributed by atoms with Crippen LogP contribution in [-0.2, 0) is 16.1 Å². The van der Waals surface area contributed by atoms with Gasteiger partial charge in [0.15, 0.2) is 5.84 Å². The standard InChI is InChI=1S/C16H24FN3O3/c1-4-23-16(21)14(5-10(2)3)19-9-11-6-12(15(18)20-22)8-13(17)7-11/h6-8,10,14,19,22H,4-5,9H2,1-3H3,(H2,18,20). The number of amidine groups is 1. The zero-order valence-corrected chi connectivity index (χ0v) is 13.7. The molecule has 7 heteroatoms. The molecule has 4 N–H and O–H groups in total. The third-order valence-electron chi connectivity index (χ3n) is 3.19. The highest BCUT2D eigenvalue weighted by Crippen LogP contribution is 2.12. The summed E-state index contributed by atoms with van der Waals surface area (Å²) in [4.78, 5) is 12.0. The van der Waals surface area contributed by atoms with Crippen LogP contribution in [0.2, 0.25) is 0 Å². The van der Waals surface area contributed by atoms with Crippen molar-refractivity contribution in [2.24, 2.45) is 16.8 Å². The van der Waals surface area contributed by atoms with Gasteiger partial charge in [-0.2, -0.15) is 0 Å². The minimum Gasteiger partial charge on any atom is -0.465 e. The monoisotopic (exact) mass is 325 g/mol. The highest BCUT2D eigenvalue weighted by molar-refractivity contribution is 5.97. The minimum atomic E-state index is -0.498. The van der Waals surface area contributed by atoms with Crippen LogP contribution < -0.4 is 11.1 Å². The van der Waals surface area contributed by atoms with E-state index in [1.54, 1.807) is 13.0 Å². The largest absolute Gasteiger partial charge is 0.465 e. The second-order valence-corrected chi connectivity index (χ2v) is 5.65. The van der Waals surface area contributed by atoms with E-state index in [0.717, 1.165) is 0 Å². The van der Waals surface area contributed by atoms with E-state index in [4.69, 9.17) is 15.7 Å².